The van der Waals surface area contributed by atoms with Crippen LogP contribution in [-0.2, 0) is 0 Å². The van der Waals surface area contributed by atoms with Crippen LogP contribution < -0.4 is 5.32 Å². The van der Waals surface area contributed by atoms with E-state index in [1.54, 1.807) is 14.1 Å². The van der Waals surface area contributed by atoms with Gasteiger partial charge in [-0.15, -0.1) is 0 Å². The molecular weight excluding hydrogens is 164 g/mol. The minimum absolute atomic E-state index is 0.0526. The fourth-order valence-electron chi connectivity index (χ4n) is 1.45. The van der Waals surface area contributed by atoms with Gasteiger partial charge in [0, 0.05) is 13.0 Å². The van der Waals surface area contributed by atoms with Gasteiger partial charge in [0.25, 0.3) is 0 Å². The molecule has 0 aliphatic heterocycles. The lowest BCUT2D eigenvalue weighted by molar-refractivity contribution is -0.870. The molecule has 0 bridgehead atoms. The van der Waals surface area contributed by atoms with Crippen molar-refractivity contribution in [2.75, 3.05) is 20.6 Å². The van der Waals surface area contributed by atoms with Crippen LogP contribution in [0.25, 0.3) is 0 Å². The second kappa shape index (κ2) is 6.35. The third-order valence-electron chi connectivity index (χ3n) is 2.30. The van der Waals surface area contributed by atoms with E-state index >= 15 is 0 Å². The molecule has 0 aromatic heterocycles. The zero-order valence-electron chi connectivity index (χ0n) is 9.47. The summed E-state index contributed by atoms with van der Waals surface area (Å²) in [5.74, 6) is 0. The van der Waals surface area contributed by atoms with Gasteiger partial charge in [0.1, 0.15) is 6.17 Å². The molecule has 0 aromatic rings. The molecule has 0 saturated heterocycles. The molecule has 0 rings (SSSR count). The second-order valence-corrected chi connectivity index (χ2v) is 4.02. The highest BCUT2D eigenvalue weighted by Gasteiger charge is 2.16. The minimum Gasteiger partial charge on any atom is -0.632 e. The van der Waals surface area contributed by atoms with E-state index in [2.05, 4.69) is 19.2 Å². The molecule has 0 aromatic carbocycles. The van der Waals surface area contributed by atoms with Crippen LogP contribution in [0.15, 0.2) is 0 Å². The number of rotatable bonds is 7. The molecule has 1 unspecified atom stereocenters. The summed E-state index contributed by atoms with van der Waals surface area (Å²) >= 11 is 0. The number of hydrogen-bond acceptors (Lipinski definition) is 2. The van der Waals surface area contributed by atoms with Crippen molar-refractivity contribution >= 4 is 0 Å². The summed E-state index contributed by atoms with van der Waals surface area (Å²) in [6.45, 7) is 5.20. The molecule has 0 fully saturated rings. The topological polar surface area (TPSA) is 35.1 Å². The van der Waals surface area contributed by atoms with Gasteiger partial charge in [0.2, 0.25) is 0 Å². The van der Waals surface area contributed by atoms with Crippen molar-refractivity contribution in [3.63, 3.8) is 0 Å². The largest absolute Gasteiger partial charge is 0.632 e. The number of quaternary nitrogens is 1. The number of unbranched alkanes of at least 4 members (excludes halogenated alkanes) is 2. The van der Waals surface area contributed by atoms with Crippen LogP contribution in [0.1, 0.15) is 39.5 Å². The molecular formula is C10H24N2O. The van der Waals surface area contributed by atoms with E-state index in [1.807, 2.05) is 0 Å². The molecule has 0 heterocycles. The third-order valence-corrected chi connectivity index (χ3v) is 2.30. The van der Waals surface area contributed by atoms with Gasteiger partial charge >= 0.3 is 0 Å². The summed E-state index contributed by atoms with van der Waals surface area (Å²) in [7, 11) is 3.39. The molecule has 0 saturated carbocycles. The zero-order valence-corrected chi connectivity index (χ0v) is 9.47. The Kier molecular flexibility index (Phi) is 6.29. The number of nitrogens with one attached hydrogen (secondary N) is 1. The fourth-order valence-corrected chi connectivity index (χ4v) is 1.45. The van der Waals surface area contributed by atoms with Crippen molar-refractivity contribution in [2.45, 2.75) is 45.7 Å². The van der Waals surface area contributed by atoms with Gasteiger partial charge in [-0.3, -0.25) is 5.32 Å². The Bertz CT molecular complexity index is 121. The maximum atomic E-state index is 11.6. The van der Waals surface area contributed by atoms with Crippen molar-refractivity contribution in [3.05, 3.63) is 5.21 Å². The Balaban J connectivity index is 3.61. The van der Waals surface area contributed by atoms with E-state index in [-0.39, 0.29) is 10.8 Å². The van der Waals surface area contributed by atoms with E-state index in [0.29, 0.717) is 0 Å². The first-order valence-corrected chi connectivity index (χ1v) is 5.30. The number of hydroxylamine groups is 3. The average Bonchev–Trinajstić information content (AvgIpc) is 2.02. The molecule has 80 valence electrons. The van der Waals surface area contributed by atoms with Crippen LogP contribution in [0.4, 0.5) is 0 Å². The SMILES string of the molecule is CCCCCNC(CC)[N+](C)(C)[O-]. The first-order valence-electron chi connectivity index (χ1n) is 5.30. The lowest BCUT2D eigenvalue weighted by Crippen LogP contribution is -2.52. The summed E-state index contributed by atoms with van der Waals surface area (Å²) in [5, 5.41) is 14.9. The summed E-state index contributed by atoms with van der Waals surface area (Å²) in [6, 6.07) is 0. The standard InChI is InChI=1S/C10H24N2O/c1-5-7-8-9-11-10(6-2)12(3,4)13/h10-11H,5-9H2,1-4H3. The van der Waals surface area contributed by atoms with Gasteiger partial charge < -0.3 is 9.85 Å². The first kappa shape index (κ1) is 12.9. The molecule has 3 heteroatoms. The molecule has 0 aliphatic carbocycles. The highest BCUT2D eigenvalue weighted by molar-refractivity contribution is 4.54. The summed E-state index contributed by atoms with van der Waals surface area (Å²) in [4.78, 5) is 0. The maximum absolute atomic E-state index is 11.6. The van der Waals surface area contributed by atoms with Crippen molar-refractivity contribution < 1.29 is 4.65 Å². The van der Waals surface area contributed by atoms with E-state index in [1.165, 1.54) is 19.3 Å². The second-order valence-electron chi connectivity index (χ2n) is 4.02. The monoisotopic (exact) mass is 188 g/mol. The van der Waals surface area contributed by atoms with Crippen LogP contribution >= 0.6 is 0 Å². The lowest BCUT2D eigenvalue weighted by Gasteiger charge is -2.41. The molecule has 1 N–H and O–H groups in total. The minimum atomic E-state index is -0.234. The van der Waals surface area contributed by atoms with E-state index in [0.717, 1.165) is 13.0 Å². The van der Waals surface area contributed by atoms with E-state index in [4.69, 9.17) is 0 Å². The highest BCUT2D eigenvalue weighted by atomic mass is 16.5. The van der Waals surface area contributed by atoms with Crippen molar-refractivity contribution in [2.24, 2.45) is 0 Å². The summed E-state index contributed by atoms with van der Waals surface area (Å²) in [5.41, 5.74) is 0. The van der Waals surface area contributed by atoms with Gasteiger partial charge in [-0.05, 0) is 6.42 Å². The first-order chi connectivity index (χ1) is 6.02. The fraction of sp³-hybridized carbons (Fsp3) is 1.00. The van der Waals surface area contributed by atoms with Crippen LogP contribution in [0.2, 0.25) is 0 Å². The van der Waals surface area contributed by atoms with Crippen LogP contribution in [-0.4, -0.2) is 31.5 Å². The highest BCUT2D eigenvalue weighted by Crippen LogP contribution is 2.05. The molecule has 0 aliphatic rings. The third kappa shape index (κ3) is 6.02. The Morgan fingerprint density at radius 3 is 2.23 bits per heavy atom. The Hall–Kier alpha value is -0.120. The van der Waals surface area contributed by atoms with Crippen LogP contribution in [0, 0.1) is 5.21 Å². The predicted molar refractivity (Wildman–Crippen MR) is 57.1 cm³/mol. The number of nitrogens with zero attached hydrogens (tertiary/aromatic N) is 1. The maximum Gasteiger partial charge on any atom is 0.141 e. The quantitative estimate of drug-likeness (QED) is 0.287. The normalized spacial score (nSPS) is 14.5. The van der Waals surface area contributed by atoms with Crippen molar-refractivity contribution in [1.29, 1.82) is 0 Å². The van der Waals surface area contributed by atoms with Gasteiger partial charge in [-0.25, -0.2) is 0 Å². The Morgan fingerprint density at radius 1 is 1.23 bits per heavy atom. The average molecular weight is 188 g/mol. The Labute approximate surface area is 82.3 Å². The molecule has 13 heavy (non-hydrogen) atoms. The van der Waals surface area contributed by atoms with Crippen molar-refractivity contribution in [1.82, 2.24) is 5.32 Å². The van der Waals surface area contributed by atoms with Crippen molar-refractivity contribution in [3.8, 4) is 0 Å². The van der Waals surface area contributed by atoms with Gasteiger partial charge in [0.15, 0.2) is 0 Å². The van der Waals surface area contributed by atoms with E-state index < -0.39 is 0 Å². The lowest BCUT2D eigenvalue weighted by atomic mass is 10.2. The van der Waals surface area contributed by atoms with Gasteiger partial charge in [0.05, 0.1) is 14.1 Å². The van der Waals surface area contributed by atoms with E-state index in [9.17, 15) is 5.21 Å². The van der Waals surface area contributed by atoms with Crippen LogP contribution in [0.3, 0.4) is 0 Å². The predicted octanol–water partition coefficient (Wildman–Crippen LogP) is 2.08. The molecule has 3 nitrogen and oxygen atoms in total. The smallest absolute Gasteiger partial charge is 0.141 e. The molecule has 0 amide bonds. The zero-order chi connectivity index (χ0) is 10.3. The summed E-state index contributed by atoms with van der Waals surface area (Å²) < 4.78 is -0.234. The molecule has 0 radical (unpaired) electrons. The Morgan fingerprint density at radius 2 is 1.85 bits per heavy atom. The van der Waals surface area contributed by atoms with Gasteiger partial charge in [-0.1, -0.05) is 26.7 Å². The molecule has 0 spiro atoms. The molecule has 1 atom stereocenters. The number of hydrogen-bond donors (Lipinski definition) is 1. The summed E-state index contributed by atoms with van der Waals surface area (Å²) in [6.07, 6.45) is 4.59. The van der Waals surface area contributed by atoms with Crippen LogP contribution in [0.5, 0.6) is 0 Å². The van der Waals surface area contributed by atoms with Gasteiger partial charge in [-0.2, -0.15) is 0 Å².